The van der Waals surface area contributed by atoms with Crippen LogP contribution in [0.3, 0.4) is 0 Å². The van der Waals surface area contributed by atoms with Gasteiger partial charge in [0.15, 0.2) is 0 Å². The van der Waals surface area contributed by atoms with Crippen LogP contribution in [0.1, 0.15) is 92.2 Å². The van der Waals surface area contributed by atoms with Gasteiger partial charge in [0, 0.05) is 18.9 Å². The van der Waals surface area contributed by atoms with Crippen LogP contribution >= 0.6 is 0 Å². The van der Waals surface area contributed by atoms with E-state index in [9.17, 15) is 9.59 Å². The monoisotopic (exact) mass is 467 g/mol. The molecule has 0 radical (unpaired) electrons. The Labute approximate surface area is 202 Å². The first-order valence-electron chi connectivity index (χ1n) is 12.9. The molecule has 1 saturated carbocycles. The van der Waals surface area contributed by atoms with Crippen molar-refractivity contribution in [1.29, 1.82) is 0 Å². The van der Waals surface area contributed by atoms with Gasteiger partial charge in [-0.25, -0.2) is 0 Å². The van der Waals surface area contributed by atoms with Crippen LogP contribution in [0.25, 0.3) is 0 Å². The van der Waals surface area contributed by atoms with Crippen molar-refractivity contribution in [2.24, 2.45) is 5.92 Å². The lowest BCUT2D eigenvalue weighted by molar-refractivity contribution is -0.119. The molecule has 1 saturated heterocycles. The van der Waals surface area contributed by atoms with Crippen LogP contribution in [0.15, 0.2) is 35.1 Å². The first-order chi connectivity index (χ1) is 16.7. The standard InChI is InChI=1S/C27H37N3O4/c1-2-24-23(18-34-30-24)26(31)29-25(21-8-6-4-3-5-7-9-21)27(32)28-22-12-10-19(11-13-22)20-14-16-33-17-15-20/h10-13,18,20-21,25H,2-9,14-17H2,1H3,(H,28,32)(H,29,31). The highest BCUT2D eigenvalue weighted by Crippen LogP contribution is 2.29. The lowest BCUT2D eigenvalue weighted by Crippen LogP contribution is -2.48. The van der Waals surface area contributed by atoms with Crippen LogP contribution in [0.4, 0.5) is 5.69 Å². The van der Waals surface area contributed by atoms with Gasteiger partial charge in [-0.3, -0.25) is 9.59 Å². The van der Waals surface area contributed by atoms with Crippen LogP contribution in [-0.2, 0) is 16.0 Å². The number of aryl methyl sites for hydroxylation is 1. The van der Waals surface area contributed by atoms with E-state index < -0.39 is 6.04 Å². The van der Waals surface area contributed by atoms with Crippen LogP contribution < -0.4 is 10.6 Å². The van der Waals surface area contributed by atoms with Gasteiger partial charge in [-0.05, 0) is 61.6 Å². The Morgan fingerprint density at radius 2 is 1.68 bits per heavy atom. The van der Waals surface area contributed by atoms with Gasteiger partial charge in [-0.1, -0.05) is 56.3 Å². The summed E-state index contributed by atoms with van der Waals surface area (Å²) in [6.45, 7) is 3.54. The predicted molar refractivity (Wildman–Crippen MR) is 131 cm³/mol. The normalized spacial score (nSPS) is 19.1. The van der Waals surface area contributed by atoms with Crippen molar-refractivity contribution in [3.05, 3.63) is 47.3 Å². The summed E-state index contributed by atoms with van der Waals surface area (Å²) < 4.78 is 10.5. The zero-order chi connectivity index (χ0) is 23.8. The molecule has 2 aromatic rings. The molecular weight excluding hydrogens is 430 g/mol. The van der Waals surface area contributed by atoms with Crippen molar-refractivity contribution in [2.45, 2.75) is 83.1 Å². The number of hydrogen-bond donors (Lipinski definition) is 2. The largest absolute Gasteiger partial charge is 0.381 e. The molecule has 1 aliphatic heterocycles. The van der Waals surface area contributed by atoms with Gasteiger partial charge < -0.3 is 19.9 Å². The van der Waals surface area contributed by atoms with E-state index in [4.69, 9.17) is 9.26 Å². The summed E-state index contributed by atoms with van der Waals surface area (Å²) >= 11 is 0. The Bertz CT molecular complexity index is 926. The molecule has 2 heterocycles. The lowest BCUT2D eigenvalue weighted by Gasteiger charge is -2.29. The third kappa shape index (κ3) is 6.26. The number of benzene rings is 1. The van der Waals surface area contributed by atoms with E-state index in [1.807, 2.05) is 19.1 Å². The lowest BCUT2D eigenvalue weighted by atomic mass is 9.85. The molecular formula is C27H37N3O4. The number of carbonyl (C=O) groups is 2. The average Bonchev–Trinajstić information content (AvgIpc) is 3.33. The minimum Gasteiger partial charge on any atom is -0.381 e. The second-order valence-electron chi connectivity index (χ2n) is 9.58. The van der Waals surface area contributed by atoms with Crippen LogP contribution in [0, 0.1) is 5.92 Å². The van der Waals surface area contributed by atoms with E-state index >= 15 is 0 Å². The summed E-state index contributed by atoms with van der Waals surface area (Å²) in [6.07, 6.45) is 11.7. The van der Waals surface area contributed by atoms with Gasteiger partial charge in [-0.15, -0.1) is 0 Å². The summed E-state index contributed by atoms with van der Waals surface area (Å²) in [4.78, 5) is 26.5. The predicted octanol–water partition coefficient (Wildman–Crippen LogP) is 5.23. The van der Waals surface area contributed by atoms with E-state index in [1.54, 1.807) is 0 Å². The summed E-state index contributed by atoms with van der Waals surface area (Å²) in [6, 6.07) is 7.53. The summed E-state index contributed by atoms with van der Waals surface area (Å²) in [7, 11) is 0. The summed E-state index contributed by atoms with van der Waals surface area (Å²) in [5.41, 5.74) is 3.06. The fourth-order valence-electron chi connectivity index (χ4n) is 5.23. The number of anilines is 1. The fraction of sp³-hybridized carbons (Fsp3) is 0.593. The molecule has 7 nitrogen and oxygen atoms in total. The number of ether oxygens (including phenoxy) is 1. The highest BCUT2D eigenvalue weighted by Gasteiger charge is 2.31. The fourth-order valence-corrected chi connectivity index (χ4v) is 5.23. The van der Waals surface area contributed by atoms with Gasteiger partial charge in [0.25, 0.3) is 5.91 Å². The number of nitrogens with zero attached hydrogens (tertiary/aromatic N) is 1. The second kappa shape index (κ2) is 12.2. The van der Waals surface area contributed by atoms with Crippen molar-refractivity contribution in [1.82, 2.24) is 10.5 Å². The highest BCUT2D eigenvalue weighted by molar-refractivity contribution is 6.01. The van der Waals surface area contributed by atoms with Crippen LogP contribution in [-0.4, -0.2) is 36.2 Å². The Kier molecular flexibility index (Phi) is 8.74. The molecule has 0 spiro atoms. The van der Waals surface area contributed by atoms with E-state index in [0.29, 0.717) is 23.6 Å². The molecule has 1 unspecified atom stereocenters. The van der Waals surface area contributed by atoms with E-state index in [0.717, 1.165) is 57.4 Å². The molecule has 2 aliphatic rings. The highest BCUT2D eigenvalue weighted by atomic mass is 16.5. The maximum atomic E-state index is 13.5. The number of carbonyl (C=O) groups excluding carboxylic acids is 2. The molecule has 2 amide bonds. The number of nitrogens with one attached hydrogen (secondary N) is 2. The summed E-state index contributed by atoms with van der Waals surface area (Å²) in [5.74, 6) is 0.162. The summed E-state index contributed by atoms with van der Waals surface area (Å²) in [5, 5.41) is 10.0. The average molecular weight is 468 g/mol. The van der Waals surface area contributed by atoms with Crippen LogP contribution in [0.2, 0.25) is 0 Å². The molecule has 34 heavy (non-hydrogen) atoms. The Morgan fingerprint density at radius 3 is 2.35 bits per heavy atom. The molecule has 4 rings (SSSR count). The number of amides is 2. The van der Waals surface area contributed by atoms with Crippen LogP contribution in [0.5, 0.6) is 0 Å². The molecule has 184 valence electrons. The molecule has 0 bridgehead atoms. The van der Waals surface area contributed by atoms with Crippen molar-refractivity contribution in [2.75, 3.05) is 18.5 Å². The zero-order valence-electron chi connectivity index (χ0n) is 20.2. The number of aromatic nitrogens is 1. The van der Waals surface area contributed by atoms with Gasteiger partial charge in [0.2, 0.25) is 5.91 Å². The van der Waals surface area contributed by atoms with Gasteiger partial charge in [0.05, 0.1) is 5.69 Å². The quantitative estimate of drug-likeness (QED) is 0.582. The molecule has 7 heteroatoms. The van der Waals surface area contributed by atoms with E-state index in [1.165, 1.54) is 31.1 Å². The molecule has 1 aliphatic carbocycles. The minimum absolute atomic E-state index is 0.107. The topological polar surface area (TPSA) is 93.5 Å². The smallest absolute Gasteiger partial charge is 0.257 e. The van der Waals surface area contributed by atoms with Crippen molar-refractivity contribution >= 4 is 17.5 Å². The minimum atomic E-state index is -0.597. The Balaban J connectivity index is 1.47. The maximum Gasteiger partial charge on any atom is 0.257 e. The van der Waals surface area contributed by atoms with Crippen molar-refractivity contribution < 1.29 is 18.8 Å². The third-order valence-corrected chi connectivity index (χ3v) is 7.29. The molecule has 1 atom stereocenters. The van der Waals surface area contributed by atoms with E-state index in [-0.39, 0.29) is 17.7 Å². The first-order valence-corrected chi connectivity index (χ1v) is 12.9. The number of hydrogen-bond acceptors (Lipinski definition) is 5. The molecule has 2 N–H and O–H groups in total. The van der Waals surface area contributed by atoms with Crippen molar-refractivity contribution in [3.63, 3.8) is 0 Å². The molecule has 2 fully saturated rings. The second-order valence-corrected chi connectivity index (χ2v) is 9.58. The zero-order valence-corrected chi connectivity index (χ0v) is 20.2. The number of rotatable bonds is 7. The first kappa shape index (κ1) is 24.5. The van der Waals surface area contributed by atoms with E-state index in [2.05, 4.69) is 27.9 Å². The SMILES string of the molecule is CCc1nocc1C(=O)NC(C(=O)Nc1ccc(C2CCOCC2)cc1)C1CCCCCCC1. The molecule has 1 aromatic carbocycles. The Hall–Kier alpha value is -2.67. The molecule has 1 aromatic heterocycles. The van der Waals surface area contributed by atoms with Gasteiger partial charge in [-0.2, -0.15) is 0 Å². The van der Waals surface area contributed by atoms with Gasteiger partial charge >= 0.3 is 0 Å². The Morgan fingerprint density at radius 1 is 1.00 bits per heavy atom. The van der Waals surface area contributed by atoms with Crippen molar-refractivity contribution in [3.8, 4) is 0 Å². The third-order valence-electron chi connectivity index (χ3n) is 7.29. The van der Waals surface area contributed by atoms with Gasteiger partial charge in [0.1, 0.15) is 17.9 Å². The maximum absolute atomic E-state index is 13.5.